The van der Waals surface area contributed by atoms with Crippen molar-refractivity contribution in [3.63, 3.8) is 0 Å². The number of aliphatic hydroxyl groups excluding tert-OH is 1. The molecule has 0 amide bonds. The van der Waals surface area contributed by atoms with Gasteiger partial charge >= 0.3 is 0 Å². The van der Waals surface area contributed by atoms with Crippen molar-refractivity contribution in [3.8, 4) is 0 Å². The van der Waals surface area contributed by atoms with Crippen LogP contribution in [0, 0.1) is 5.82 Å². The Bertz CT molecular complexity index is 621. The maximum Gasteiger partial charge on any atom is 0.128 e. The summed E-state index contributed by atoms with van der Waals surface area (Å²) in [6.07, 6.45) is 0.239. The number of nitrogens with one attached hydrogen (secondary N) is 1. The van der Waals surface area contributed by atoms with Crippen LogP contribution in [0.1, 0.15) is 30.5 Å². The molecule has 0 heterocycles. The minimum atomic E-state index is -0.655. The molecule has 2 N–H and O–H groups in total. The van der Waals surface area contributed by atoms with E-state index in [2.05, 4.69) is 12.2 Å². The molecule has 0 saturated heterocycles. The Balaban J connectivity index is 1.74. The van der Waals surface area contributed by atoms with E-state index in [0.29, 0.717) is 17.1 Å². The van der Waals surface area contributed by atoms with Crippen molar-refractivity contribution in [3.05, 3.63) is 70.5 Å². The van der Waals surface area contributed by atoms with Crippen molar-refractivity contribution in [2.24, 2.45) is 0 Å². The topological polar surface area (TPSA) is 41.5 Å². The van der Waals surface area contributed by atoms with Gasteiger partial charge < -0.3 is 15.2 Å². The van der Waals surface area contributed by atoms with Crippen molar-refractivity contribution < 1.29 is 14.2 Å². The third-order valence-electron chi connectivity index (χ3n) is 3.81. The summed E-state index contributed by atoms with van der Waals surface area (Å²) in [7, 11) is 0. The minimum absolute atomic E-state index is 0.142. The van der Waals surface area contributed by atoms with E-state index in [-0.39, 0.29) is 25.1 Å². The second-order valence-electron chi connectivity index (χ2n) is 5.68. The summed E-state index contributed by atoms with van der Waals surface area (Å²) >= 11 is 5.90. The smallest absolute Gasteiger partial charge is 0.128 e. The standard InChI is InChI=1S/C19H23ClFNO2/c1-2-19(14-7-9-16(20)10-8-14)22-11-17(23)13-24-12-15-5-3-4-6-18(15)21/h3-10,17,19,22-23H,2,11-13H2,1H3. The third-order valence-corrected chi connectivity index (χ3v) is 4.06. The first-order chi connectivity index (χ1) is 11.6. The first-order valence-corrected chi connectivity index (χ1v) is 8.46. The van der Waals surface area contributed by atoms with Crippen LogP contribution in [-0.2, 0) is 11.3 Å². The van der Waals surface area contributed by atoms with Gasteiger partial charge in [-0.25, -0.2) is 4.39 Å². The second kappa shape index (κ2) is 9.74. The van der Waals surface area contributed by atoms with Crippen LogP contribution in [0.2, 0.25) is 5.02 Å². The fourth-order valence-electron chi connectivity index (χ4n) is 2.45. The molecule has 2 rings (SSSR count). The van der Waals surface area contributed by atoms with E-state index in [1.165, 1.54) is 6.07 Å². The average molecular weight is 352 g/mol. The van der Waals surface area contributed by atoms with Gasteiger partial charge in [0.15, 0.2) is 0 Å². The lowest BCUT2D eigenvalue weighted by Gasteiger charge is -2.20. The Morgan fingerprint density at radius 3 is 2.54 bits per heavy atom. The van der Waals surface area contributed by atoms with Gasteiger partial charge in [-0.2, -0.15) is 0 Å². The molecular formula is C19H23ClFNO2. The summed E-state index contributed by atoms with van der Waals surface area (Å²) in [6, 6.07) is 14.3. The molecule has 130 valence electrons. The molecule has 2 atom stereocenters. The Labute approximate surface area is 147 Å². The molecule has 2 aromatic carbocycles. The molecule has 0 fully saturated rings. The van der Waals surface area contributed by atoms with Crippen molar-refractivity contribution in [1.29, 1.82) is 0 Å². The number of halogens is 2. The van der Waals surface area contributed by atoms with E-state index in [4.69, 9.17) is 16.3 Å². The van der Waals surface area contributed by atoms with E-state index in [9.17, 15) is 9.50 Å². The number of hydrogen-bond donors (Lipinski definition) is 2. The van der Waals surface area contributed by atoms with E-state index in [1.807, 2.05) is 24.3 Å². The quantitative estimate of drug-likeness (QED) is 0.714. The lowest BCUT2D eigenvalue weighted by Crippen LogP contribution is -2.33. The van der Waals surface area contributed by atoms with Gasteiger partial charge in [0.1, 0.15) is 5.82 Å². The zero-order valence-corrected chi connectivity index (χ0v) is 14.5. The Hall–Kier alpha value is -1.46. The Morgan fingerprint density at radius 1 is 1.17 bits per heavy atom. The third kappa shape index (κ3) is 5.87. The number of rotatable bonds is 9. The van der Waals surface area contributed by atoms with Gasteiger partial charge in [0.05, 0.1) is 19.3 Å². The summed E-state index contributed by atoms with van der Waals surface area (Å²) in [5.74, 6) is -0.293. The number of benzene rings is 2. The monoisotopic (exact) mass is 351 g/mol. The Kier molecular flexibility index (Phi) is 7.66. The molecule has 5 heteroatoms. The van der Waals surface area contributed by atoms with Crippen molar-refractivity contribution in [2.45, 2.75) is 32.1 Å². The van der Waals surface area contributed by atoms with Gasteiger partial charge in [0.25, 0.3) is 0 Å². The van der Waals surface area contributed by atoms with Crippen LogP contribution in [-0.4, -0.2) is 24.4 Å². The molecule has 2 aromatic rings. The fraction of sp³-hybridized carbons (Fsp3) is 0.368. The summed E-state index contributed by atoms with van der Waals surface area (Å²) in [5.41, 5.74) is 1.62. The van der Waals surface area contributed by atoms with Crippen LogP contribution in [0.3, 0.4) is 0 Å². The molecular weight excluding hydrogens is 329 g/mol. The molecule has 0 bridgehead atoms. The zero-order chi connectivity index (χ0) is 17.4. The van der Waals surface area contributed by atoms with Gasteiger partial charge in [-0.15, -0.1) is 0 Å². The summed E-state index contributed by atoms with van der Waals surface area (Å²) in [4.78, 5) is 0. The predicted molar refractivity (Wildman–Crippen MR) is 94.5 cm³/mol. The number of ether oxygens (including phenoxy) is 1. The van der Waals surface area contributed by atoms with Crippen LogP contribution in [0.4, 0.5) is 4.39 Å². The van der Waals surface area contributed by atoms with Crippen LogP contribution >= 0.6 is 11.6 Å². The molecule has 24 heavy (non-hydrogen) atoms. The van der Waals surface area contributed by atoms with Crippen LogP contribution in [0.15, 0.2) is 48.5 Å². The molecule has 0 aliphatic carbocycles. The van der Waals surface area contributed by atoms with Crippen molar-refractivity contribution in [2.75, 3.05) is 13.2 Å². The van der Waals surface area contributed by atoms with Crippen molar-refractivity contribution >= 4 is 11.6 Å². The highest BCUT2D eigenvalue weighted by molar-refractivity contribution is 6.30. The van der Waals surface area contributed by atoms with Gasteiger partial charge in [-0.1, -0.05) is 48.9 Å². The summed E-state index contributed by atoms with van der Waals surface area (Å²) in [6.45, 7) is 2.78. The van der Waals surface area contributed by atoms with Gasteiger partial charge in [-0.3, -0.25) is 0 Å². The van der Waals surface area contributed by atoms with Crippen LogP contribution < -0.4 is 5.32 Å². The molecule has 0 saturated carbocycles. The Morgan fingerprint density at radius 2 is 1.88 bits per heavy atom. The minimum Gasteiger partial charge on any atom is -0.389 e. The largest absolute Gasteiger partial charge is 0.389 e. The maximum absolute atomic E-state index is 13.5. The van der Waals surface area contributed by atoms with Crippen molar-refractivity contribution in [1.82, 2.24) is 5.32 Å². The highest BCUT2D eigenvalue weighted by Crippen LogP contribution is 2.19. The lowest BCUT2D eigenvalue weighted by molar-refractivity contribution is 0.0265. The van der Waals surface area contributed by atoms with E-state index < -0.39 is 6.10 Å². The molecule has 0 aliphatic rings. The first kappa shape index (κ1) is 18.9. The lowest BCUT2D eigenvalue weighted by atomic mass is 10.0. The highest BCUT2D eigenvalue weighted by Gasteiger charge is 2.12. The van der Waals surface area contributed by atoms with E-state index >= 15 is 0 Å². The van der Waals surface area contributed by atoms with E-state index in [0.717, 1.165) is 12.0 Å². The highest BCUT2D eigenvalue weighted by atomic mass is 35.5. The summed E-state index contributed by atoms with van der Waals surface area (Å²) in [5, 5.41) is 14.1. The first-order valence-electron chi connectivity index (χ1n) is 8.08. The van der Waals surface area contributed by atoms with E-state index in [1.54, 1.807) is 18.2 Å². The van der Waals surface area contributed by atoms with Crippen LogP contribution in [0.5, 0.6) is 0 Å². The molecule has 3 nitrogen and oxygen atoms in total. The maximum atomic E-state index is 13.5. The number of hydrogen-bond acceptors (Lipinski definition) is 3. The number of aliphatic hydroxyl groups is 1. The van der Waals surface area contributed by atoms with Gasteiger partial charge in [0, 0.05) is 23.2 Å². The molecule has 0 spiro atoms. The molecule has 2 unspecified atom stereocenters. The fourth-order valence-corrected chi connectivity index (χ4v) is 2.58. The SMILES string of the molecule is CCC(NCC(O)COCc1ccccc1F)c1ccc(Cl)cc1. The molecule has 0 aliphatic heterocycles. The second-order valence-corrected chi connectivity index (χ2v) is 6.12. The summed E-state index contributed by atoms with van der Waals surface area (Å²) < 4.78 is 18.9. The average Bonchev–Trinajstić information content (AvgIpc) is 2.58. The normalized spacial score (nSPS) is 13.7. The van der Waals surface area contributed by atoms with Gasteiger partial charge in [0.2, 0.25) is 0 Å². The zero-order valence-electron chi connectivity index (χ0n) is 13.7. The van der Waals surface area contributed by atoms with Gasteiger partial charge in [-0.05, 0) is 30.2 Å². The molecule has 0 aromatic heterocycles. The van der Waals surface area contributed by atoms with Crippen LogP contribution in [0.25, 0.3) is 0 Å². The predicted octanol–water partition coefficient (Wildman–Crippen LogP) is 4.10. The molecule has 0 radical (unpaired) electrons.